The van der Waals surface area contributed by atoms with Crippen LogP contribution in [0.4, 0.5) is 24.7 Å². The molecule has 0 unspecified atom stereocenters. The zero-order valence-electron chi connectivity index (χ0n) is 13.7. The lowest BCUT2D eigenvalue weighted by molar-refractivity contribution is -0.137. The van der Waals surface area contributed by atoms with Crippen molar-refractivity contribution < 1.29 is 22.7 Å². The average molecular weight is 374 g/mol. The fourth-order valence-electron chi connectivity index (χ4n) is 2.21. The van der Waals surface area contributed by atoms with Crippen LogP contribution in [0.25, 0.3) is 0 Å². The Hall–Kier alpha value is -2.35. The zero-order valence-corrected chi connectivity index (χ0v) is 14.4. The largest absolute Gasteiger partial charge is 0.462 e. The molecule has 0 aliphatic rings. The highest BCUT2D eigenvalue weighted by Gasteiger charge is 2.31. The third-order valence-corrected chi connectivity index (χ3v) is 3.74. The summed E-state index contributed by atoms with van der Waals surface area (Å²) in [6, 6.07) is 2.78. The highest BCUT2D eigenvalue weighted by Crippen LogP contribution is 2.36. The summed E-state index contributed by atoms with van der Waals surface area (Å²) < 4.78 is 43.3. The second-order valence-electron chi connectivity index (χ2n) is 5.18. The molecule has 1 N–H and O–H groups in total. The summed E-state index contributed by atoms with van der Waals surface area (Å²) in [6.45, 7) is 5.21. The van der Waals surface area contributed by atoms with E-state index in [1.165, 1.54) is 0 Å². The number of aromatic amines is 1. The fourth-order valence-corrected chi connectivity index (χ4v) is 2.37. The van der Waals surface area contributed by atoms with Gasteiger partial charge in [-0.05, 0) is 39.0 Å². The lowest BCUT2D eigenvalue weighted by Crippen LogP contribution is -2.06. The minimum absolute atomic E-state index is 0.0308. The second-order valence-corrected chi connectivity index (χ2v) is 5.59. The van der Waals surface area contributed by atoms with E-state index in [0.29, 0.717) is 16.8 Å². The third-order valence-electron chi connectivity index (χ3n) is 3.42. The van der Waals surface area contributed by atoms with Crippen LogP contribution in [-0.2, 0) is 10.9 Å². The van der Waals surface area contributed by atoms with Gasteiger partial charge in [0.15, 0.2) is 5.82 Å². The van der Waals surface area contributed by atoms with Gasteiger partial charge in [0.25, 0.3) is 0 Å². The summed E-state index contributed by atoms with van der Waals surface area (Å²) in [4.78, 5) is 14.8. The molecule has 0 spiro atoms. The molecule has 1 aromatic heterocycles. The van der Waals surface area contributed by atoms with E-state index in [2.05, 4.69) is 15.2 Å². The average Bonchev–Trinajstić information content (AvgIpc) is 2.79. The molecule has 0 saturated heterocycles. The third kappa shape index (κ3) is 4.19. The lowest BCUT2D eigenvalue weighted by atomic mass is 10.1. The molecule has 5 nitrogen and oxygen atoms in total. The predicted molar refractivity (Wildman–Crippen MR) is 86.9 cm³/mol. The second kappa shape index (κ2) is 7.26. The SMILES string of the molecule is CCOC(=O)c1c(C)[nH]c(N=Nc2cc(C(F)(F)F)ccc2Cl)c1C. The number of halogens is 4. The molecule has 0 aliphatic heterocycles. The lowest BCUT2D eigenvalue weighted by Gasteiger charge is -2.07. The maximum Gasteiger partial charge on any atom is 0.416 e. The van der Waals surface area contributed by atoms with Crippen molar-refractivity contribution in [2.75, 3.05) is 6.61 Å². The Morgan fingerprint density at radius 1 is 1.28 bits per heavy atom. The van der Waals surface area contributed by atoms with Crippen LogP contribution in [0.5, 0.6) is 0 Å². The first-order valence-electron chi connectivity index (χ1n) is 7.30. The number of esters is 1. The van der Waals surface area contributed by atoms with E-state index in [1.807, 2.05) is 0 Å². The molecule has 0 saturated carbocycles. The number of carbonyl (C=O) groups is 1. The standard InChI is InChI=1S/C16H15ClF3N3O2/c1-4-25-15(24)13-8(2)14(21-9(13)3)23-22-12-7-10(16(18,19)20)5-6-11(12)17/h5-7,21H,4H2,1-3H3. The maximum atomic E-state index is 12.8. The van der Waals surface area contributed by atoms with Gasteiger partial charge in [0, 0.05) is 11.3 Å². The van der Waals surface area contributed by atoms with Crippen LogP contribution in [0.2, 0.25) is 5.02 Å². The number of H-pyrrole nitrogens is 1. The molecule has 134 valence electrons. The first-order chi connectivity index (χ1) is 11.6. The van der Waals surface area contributed by atoms with Gasteiger partial charge < -0.3 is 9.72 Å². The van der Waals surface area contributed by atoms with Gasteiger partial charge in [-0.2, -0.15) is 13.2 Å². The van der Waals surface area contributed by atoms with Gasteiger partial charge in [-0.15, -0.1) is 10.2 Å². The van der Waals surface area contributed by atoms with E-state index in [1.54, 1.807) is 20.8 Å². The highest BCUT2D eigenvalue weighted by molar-refractivity contribution is 6.33. The van der Waals surface area contributed by atoms with Gasteiger partial charge in [0.2, 0.25) is 0 Å². The van der Waals surface area contributed by atoms with Crippen molar-refractivity contribution in [1.29, 1.82) is 0 Å². The number of hydrogen-bond acceptors (Lipinski definition) is 4. The van der Waals surface area contributed by atoms with Gasteiger partial charge in [-0.3, -0.25) is 0 Å². The van der Waals surface area contributed by atoms with Crippen LogP contribution in [0.15, 0.2) is 28.4 Å². The first kappa shape index (κ1) is 19.0. The fraction of sp³-hybridized carbons (Fsp3) is 0.312. The Morgan fingerprint density at radius 3 is 2.56 bits per heavy atom. The zero-order chi connectivity index (χ0) is 18.8. The summed E-state index contributed by atoms with van der Waals surface area (Å²) in [7, 11) is 0. The van der Waals surface area contributed by atoms with Gasteiger partial charge >= 0.3 is 12.1 Å². The molecule has 1 aromatic carbocycles. The predicted octanol–water partition coefficient (Wildman–Crippen LogP) is 5.90. The number of alkyl halides is 3. The van der Waals surface area contributed by atoms with E-state index >= 15 is 0 Å². The highest BCUT2D eigenvalue weighted by atomic mass is 35.5. The number of aryl methyl sites for hydroxylation is 1. The van der Waals surface area contributed by atoms with Crippen molar-refractivity contribution in [2.45, 2.75) is 26.9 Å². The van der Waals surface area contributed by atoms with Gasteiger partial charge in [-0.1, -0.05) is 11.6 Å². The van der Waals surface area contributed by atoms with Crippen LogP contribution in [0.1, 0.15) is 34.1 Å². The molecule has 0 bridgehead atoms. The minimum Gasteiger partial charge on any atom is -0.462 e. The van der Waals surface area contributed by atoms with Crippen molar-refractivity contribution >= 4 is 29.1 Å². The van der Waals surface area contributed by atoms with Crippen LogP contribution in [0.3, 0.4) is 0 Å². The molecule has 25 heavy (non-hydrogen) atoms. The van der Waals surface area contributed by atoms with E-state index in [-0.39, 0.29) is 23.1 Å². The number of carbonyl (C=O) groups excluding carboxylic acids is 1. The number of benzene rings is 1. The van der Waals surface area contributed by atoms with Crippen molar-refractivity contribution in [3.8, 4) is 0 Å². The van der Waals surface area contributed by atoms with E-state index < -0.39 is 17.7 Å². The summed E-state index contributed by atoms with van der Waals surface area (Å²) in [6.07, 6.45) is -4.51. The molecular weight excluding hydrogens is 359 g/mol. The molecule has 2 rings (SSSR count). The van der Waals surface area contributed by atoms with Crippen molar-refractivity contribution in [1.82, 2.24) is 4.98 Å². The molecule has 0 aliphatic carbocycles. The van der Waals surface area contributed by atoms with Crippen LogP contribution >= 0.6 is 11.6 Å². The molecule has 0 fully saturated rings. The number of nitrogens with one attached hydrogen (secondary N) is 1. The van der Waals surface area contributed by atoms with E-state index in [0.717, 1.165) is 18.2 Å². The molecule has 9 heteroatoms. The van der Waals surface area contributed by atoms with Crippen molar-refractivity contribution in [3.63, 3.8) is 0 Å². The molecular formula is C16H15ClF3N3O2. The quantitative estimate of drug-likeness (QED) is 0.535. The Morgan fingerprint density at radius 2 is 1.96 bits per heavy atom. The van der Waals surface area contributed by atoms with Gasteiger partial charge in [0.05, 0.1) is 22.8 Å². The molecule has 2 aromatic rings. The molecule has 1 heterocycles. The first-order valence-corrected chi connectivity index (χ1v) is 7.67. The summed E-state index contributed by atoms with van der Waals surface area (Å²) in [5.41, 5.74) is 0.340. The normalized spacial score (nSPS) is 12.0. The number of ether oxygens (including phenoxy) is 1. The summed E-state index contributed by atoms with van der Waals surface area (Å²) >= 11 is 5.88. The monoisotopic (exact) mass is 373 g/mol. The van der Waals surface area contributed by atoms with Crippen LogP contribution < -0.4 is 0 Å². The minimum atomic E-state index is -4.51. The number of hydrogen-bond donors (Lipinski definition) is 1. The number of aromatic nitrogens is 1. The van der Waals surface area contributed by atoms with Crippen LogP contribution in [-0.4, -0.2) is 17.6 Å². The number of nitrogens with zero attached hydrogens (tertiary/aromatic N) is 2. The van der Waals surface area contributed by atoms with Crippen molar-refractivity contribution in [3.05, 3.63) is 45.6 Å². The van der Waals surface area contributed by atoms with Crippen molar-refractivity contribution in [2.24, 2.45) is 10.2 Å². The Balaban J connectivity index is 2.38. The van der Waals surface area contributed by atoms with E-state index in [9.17, 15) is 18.0 Å². The summed E-state index contributed by atoms with van der Waals surface area (Å²) in [5, 5.41) is 7.71. The van der Waals surface area contributed by atoms with E-state index in [4.69, 9.17) is 16.3 Å². The van der Waals surface area contributed by atoms with Gasteiger partial charge in [0.1, 0.15) is 5.69 Å². The van der Waals surface area contributed by atoms with Gasteiger partial charge in [-0.25, -0.2) is 4.79 Å². The topological polar surface area (TPSA) is 66.8 Å². The molecule has 0 amide bonds. The smallest absolute Gasteiger partial charge is 0.416 e. The number of azo groups is 1. The Labute approximate surface area is 146 Å². The molecule has 0 atom stereocenters. The number of rotatable bonds is 4. The Kier molecular flexibility index (Phi) is 5.52. The Bertz CT molecular complexity index is 829. The maximum absolute atomic E-state index is 12.8. The summed E-state index contributed by atoms with van der Waals surface area (Å²) in [5.74, 6) is -0.263. The molecule has 0 radical (unpaired) electrons. The van der Waals surface area contributed by atoms with Crippen LogP contribution in [0, 0.1) is 13.8 Å².